The van der Waals surface area contributed by atoms with E-state index in [2.05, 4.69) is 13.5 Å². The minimum absolute atomic E-state index is 0.642. The molecule has 0 saturated carbocycles. The highest BCUT2D eigenvalue weighted by Crippen LogP contribution is 2.11. The molecule has 0 unspecified atom stereocenters. The highest BCUT2D eigenvalue weighted by molar-refractivity contribution is 8.03. The summed E-state index contributed by atoms with van der Waals surface area (Å²) in [5.41, 5.74) is 0. The van der Waals surface area contributed by atoms with Crippen molar-refractivity contribution in [1.29, 1.82) is 0 Å². The summed E-state index contributed by atoms with van der Waals surface area (Å²) in [6, 6.07) is 0. The number of carbonyl (C=O) groups excluding carboxylic acids is 1. The van der Waals surface area contributed by atoms with Gasteiger partial charge < -0.3 is 0 Å². The van der Waals surface area contributed by atoms with Gasteiger partial charge in [0.15, 0.2) is 6.29 Å². The Labute approximate surface area is 60.5 Å². The van der Waals surface area contributed by atoms with E-state index in [1.165, 1.54) is 18.2 Å². The number of hydrogen-bond acceptors (Lipinski definition) is 2. The summed E-state index contributed by atoms with van der Waals surface area (Å²) in [4.78, 5) is 10.6. The Morgan fingerprint density at radius 1 is 1.78 bits per heavy atom. The number of unbranched alkanes of at least 4 members (excludes halogenated alkanes) is 1. The van der Waals surface area contributed by atoms with Crippen LogP contribution in [0.25, 0.3) is 0 Å². The lowest BCUT2D eigenvalue weighted by atomic mass is 10.4. The first-order valence-corrected chi connectivity index (χ1v) is 4.06. The Hall–Kier alpha value is -0.240. The van der Waals surface area contributed by atoms with E-state index in [0.29, 0.717) is 4.91 Å². The molecule has 0 heterocycles. The maximum atomic E-state index is 9.98. The van der Waals surface area contributed by atoms with Crippen molar-refractivity contribution < 1.29 is 4.79 Å². The van der Waals surface area contributed by atoms with Gasteiger partial charge in [0.1, 0.15) is 0 Å². The Morgan fingerprint density at radius 2 is 2.44 bits per heavy atom. The van der Waals surface area contributed by atoms with E-state index >= 15 is 0 Å². The van der Waals surface area contributed by atoms with Crippen LogP contribution in [0.3, 0.4) is 0 Å². The summed E-state index contributed by atoms with van der Waals surface area (Å²) < 4.78 is 0. The number of aldehydes is 1. The van der Waals surface area contributed by atoms with Crippen molar-refractivity contribution in [3.63, 3.8) is 0 Å². The van der Waals surface area contributed by atoms with Crippen molar-refractivity contribution in [2.24, 2.45) is 0 Å². The highest BCUT2D eigenvalue weighted by atomic mass is 32.2. The molecule has 0 N–H and O–H groups in total. The highest BCUT2D eigenvalue weighted by Gasteiger charge is 1.89. The summed E-state index contributed by atoms with van der Waals surface area (Å²) >= 11 is 1.54. The molecule has 0 atom stereocenters. The van der Waals surface area contributed by atoms with E-state index in [9.17, 15) is 4.79 Å². The topological polar surface area (TPSA) is 17.1 Å². The van der Waals surface area contributed by atoms with Crippen LogP contribution >= 0.6 is 11.8 Å². The second-order valence-electron chi connectivity index (χ2n) is 1.79. The fraction of sp³-hybridized carbons (Fsp3) is 0.571. The number of carbonyl (C=O) groups is 1. The van der Waals surface area contributed by atoms with Gasteiger partial charge in [0.05, 0.1) is 0 Å². The molecule has 52 valence electrons. The normalized spacial score (nSPS) is 9.00. The molecule has 0 aliphatic heterocycles. The lowest BCUT2D eigenvalue weighted by Crippen LogP contribution is -1.79. The molecule has 0 aromatic rings. The van der Waals surface area contributed by atoms with Crippen LogP contribution in [0.5, 0.6) is 0 Å². The van der Waals surface area contributed by atoms with Crippen LogP contribution in [0.4, 0.5) is 0 Å². The SMILES string of the molecule is C=C(C=O)SCCCC. The van der Waals surface area contributed by atoms with Gasteiger partial charge in [0.2, 0.25) is 0 Å². The molecule has 0 saturated heterocycles. The minimum atomic E-state index is 0.642. The van der Waals surface area contributed by atoms with Gasteiger partial charge >= 0.3 is 0 Å². The molecule has 0 aliphatic carbocycles. The zero-order chi connectivity index (χ0) is 7.11. The first kappa shape index (κ1) is 8.76. The Morgan fingerprint density at radius 3 is 2.89 bits per heavy atom. The first-order valence-electron chi connectivity index (χ1n) is 3.08. The van der Waals surface area contributed by atoms with Crippen molar-refractivity contribution in [3.05, 3.63) is 11.5 Å². The van der Waals surface area contributed by atoms with Gasteiger partial charge in [0.25, 0.3) is 0 Å². The van der Waals surface area contributed by atoms with Crippen molar-refractivity contribution in [2.45, 2.75) is 19.8 Å². The summed E-state index contributed by atoms with van der Waals surface area (Å²) in [5, 5.41) is 0. The lowest BCUT2D eigenvalue weighted by molar-refractivity contribution is -0.104. The van der Waals surface area contributed by atoms with Gasteiger partial charge in [-0.2, -0.15) is 0 Å². The van der Waals surface area contributed by atoms with E-state index in [0.717, 1.165) is 18.5 Å². The summed E-state index contributed by atoms with van der Waals surface area (Å²) in [6.07, 6.45) is 3.15. The lowest BCUT2D eigenvalue weighted by Gasteiger charge is -1.93. The van der Waals surface area contributed by atoms with Gasteiger partial charge in [-0.05, 0) is 12.2 Å². The first-order chi connectivity index (χ1) is 4.31. The van der Waals surface area contributed by atoms with Gasteiger partial charge in [-0.15, -0.1) is 11.8 Å². The second kappa shape index (κ2) is 5.89. The largest absolute Gasteiger partial charge is 0.297 e. The molecule has 1 nitrogen and oxygen atoms in total. The standard InChI is InChI=1S/C7H12OS/c1-3-4-5-9-7(2)6-8/h6H,2-5H2,1H3. The Bertz CT molecular complexity index is 99.1. The van der Waals surface area contributed by atoms with Crippen LogP contribution in [-0.4, -0.2) is 12.0 Å². The molecule has 0 bridgehead atoms. The number of thioether (sulfide) groups is 1. The number of hydrogen-bond donors (Lipinski definition) is 0. The van der Waals surface area contributed by atoms with Gasteiger partial charge in [-0.1, -0.05) is 19.9 Å². The van der Waals surface area contributed by atoms with Gasteiger partial charge in [0, 0.05) is 4.91 Å². The fourth-order valence-electron chi connectivity index (χ4n) is 0.382. The maximum absolute atomic E-state index is 9.98. The van der Waals surface area contributed by atoms with E-state index in [-0.39, 0.29) is 0 Å². The Kier molecular flexibility index (Phi) is 5.73. The molecule has 0 aliphatic rings. The monoisotopic (exact) mass is 144 g/mol. The fourth-order valence-corrected chi connectivity index (χ4v) is 1.14. The molecule has 9 heavy (non-hydrogen) atoms. The van der Waals surface area contributed by atoms with Crippen molar-refractivity contribution in [3.8, 4) is 0 Å². The molecular weight excluding hydrogens is 132 g/mol. The average Bonchev–Trinajstić information content (AvgIpc) is 1.89. The third-order valence-corrected chi connectivity index (χ3v) is 1.88. The Balaban J connectivity index is 3.07. The molecular formula is C7H12OS. The third-order valence-electron chi connectivity index (χ3n) is 0.917. The molecule has 0 spiro atoms. The predicted molar refractivity (Wildman–Crippen MR) is 42.6 cm³/mol. The molecule has 0 radical (unpaired) electrons. The summed E-state index contributed by atoms with van der Waals surface area (Å²) in [5.74, 6) is 1.02. The zero-order valence-corrected chi connectivity index (χ0v) is 6.54. The smallest absolute Gasteiger partial charge is 0.155 e. The average molecular weight is 144 g/mol. The third kappa shape index (κ3) is 5.63. The number of rotatable bonds is 5. The van der Waals surface area contributed by atoms with Gasteiger partial charge in [-0.3, -0.25) is 4.79 Å². The maximum Gasteiger partial charge on any atom is 0.155 e. The van der Waals surface area contributed by atoms with Crippen molar-refractivity contribution >= 4 is 18.0 Å². The molecule has 0 fully saturated rings. The van der Waals surface area contributed by atoms with E-state index in [4.69, 9.17) is 0 Å². The molecule has 0 aromatic heterocycles. The van der Waals surface area contributed by atoms with E-state index in [1.54, 1.807) is 0 Å². The van der Waals surface area contributed by atoms with Crippen LogP contribution in [0.15, 0.2) is 11.5 Å². The van der Waals surface area contributed by atoms with Gasteiger partial charge in [-0.25, -0.2) is 0 Å². The van der Waals surface area contributed by atoms with Crippen LogP contribution in [-0.2, 0) is 4.79 Å². The van der Waals surface area contributed by atoms with Crippen LogP contribution in [0.1, 0.15) is 19.8 Å². The number of allylic oxidation sites excluding steroid dienone is 1. The molecule has 2 heteroatoms. The van der Waals surface area contributed by atoms with E-state index < -0.39 is 0 Å². The summed E-state index contributed by atoms with van der Waals surface area (Å²) in [7, 11) is 0. The van der Waals surface area contributed by atoms with Crippen molar-refractivity contribution in [2.75, 3.05) is 5.75 Å². The van der Waals surface area contributed by atoms with Crippen LogP contribution in [0.2, 0.25) is 0 Å². The quantitative estimate of drug-likeness (QED) is 0.334. The zero-order valence-electron chi connectivity index (χ0n) is 5.72. The molecule has 0 amide bonds. The second-order valence-corrected chi connectivity index (χ2v) is 3.01. The van der Waals surface area contributed by atoms with Crippen LogP contribution < -0.4 is 0 Å². The minimum Gasteiger partial charge on any atom is -0.297 e. The van der Waals surface area contributed by atoms with Crippen LogP contribution in [0, 0.1) is 0 Å². The molecule has 0 rings (SSSR count). The summed E-state index contributed by atoms with van der Waals surface area (Å²) in [6.45, 7) is 5.67. The molecule has 0 aromatic carbocycles. The van der Waals surface area contributed by atoms with E-state index in [1.807, 2.05) is 0 Å². The predicted octanol–water partition coefficient (Wildman–Crippen LogP) is 2.23. The van der Waals surface area contributed by atoms with Crippen molar-refractivity contribution in [1.82, 2.24) is 0 Å².